The van der Waals surface area contributed by atoms with Crippen molar-refractivity contribution in [2.45, 2.75) is 69.1 Å². The summed E-state index contributed by atoms with van der Waals surface area (Å²) in [7, 11) is 0. The lowest BCUT2D eigenvalue weighted by atomic mass is 10.1. The van der Waals surface area contributed by atoms with Crippen molar-refractivity contribution in [2.24, 2.45) is 22.2 Å². The minimum atomic E-state index is -1.25. The average Bonchev–Trinajstić information content (AvgIpc) is 3.55. The largest absolute Gasteiger partial charge is 0.481 e. The van der Waals surface area contributed by atoms with Crippen LogP contribution in [0, 0.1) is 0 Å². The predicted octanol–water partition coefficient (Wildman–Crippen LogP) is -2.76. The van der Waals surface area contributed by atoms with Crippen LogP contribution in [0.2, 0.25) is 0 Å². The van der Waals surface area contributed by atoms with E-state index >= 15 is 0 Å². The van der Waals surface area contributed by atoms with Gasteiger partial charge in [-0.1, -0.05) is 0 Å². The molecule has 16 heteroatoms. The van der Waals surface area contributed by atoms with E-state index in [9.17, 15) is 29.1 Å². The smallest absolute Gasteiger partial charge is 0.326 e. The van der Waals surface area contributed by atoms with Crippen LogP contribution in [-0.4, -0.2) is 98.0 Å². The third-order valence-corrected chi connectivity index (χ3v) is 6.00. The van der Waals surface area contributed by atoms with Gasteiger partial charge in [0.2, 0.25) is 17.7 Å². The molecular formula is C22H35N9O7. The molecule has 1 aliphatic rings. The molecule has 16 nitrogen and oxygen atoms in total. The molecule has 1 aliphatic heterocycles. The second kappa shape index (κ2) is 14.5. The first kappa shape index (κ1) is 30.0. The quantitative estimate of drug-likeness (QED) is 0.0644. The number of aliphatic imine (C=N–C) groups is 1. The van der Waals surface area contributed by atoms with E-state index in [-0.39, 0.29) is 44.7 Å². The van der Waals surface area contributed by atoms with Gasteiger partial charge >= 0.3 is 11.9 Å². The SMILES string of the molecule is NC(N)=NCCCC(NC(=O)C(N)CCC(=O)O)C(=O)N1CCCC1C(=O)NC(Cc1cnc[nH]1)C(=O)O. The maximum absolute atomic E-state index is 13.5. The van der Waals surface area contributed by atoms with E-state index in [0.29, 0.717) is 25.0 Å². The van der Waals surface area contributed by atoms with Crippen molar-refractivity contribution in [2.75, 3.05) is 13.1 Å². The Bertz CT molecular complexity index is 1010. The van der Waals surface area contributed by atoms with Crippen LogP contribution in [0.4, 0.5) is 0 Å². The van der Waals surface area contributed by atoms with E-state index < -0.39 is 53.8 Å². The molecule has 0 bridgehead atoms. The summed E-state index contributed by atoms with van der Waals surface area (Å²) in [6, 6.07) is -4.43. The number of imidazole rings is 1. The summed E-state index contributed by atoms with van der Waals surface area (Å²) in [5, 5.41) is 23.4. The van der Waals surface area contributed by atoms with Crippen LogP contribution in [0.25, 0.3) is 0 Å². The zero-order valence-corrected chi connectivity index (χ0v) is 20.8. The summed E-state index contributed by atoms with van der Waals surface area (Å²) in [5.41, 5.74) is 17.0. The Labute approximate surface area is 218 Å². The van der Waals surface area contributed by atoms with Gasteiger partial charge in [0.05, 0.1) is 12.4 Å². The highest BCUT2D eigenvalue weighted by Crippen LogP contribution is 2.20. The highest BCUT2D eigenvalue weighted by Gasteiger charge is 2.39. The number of carbonyl (C=O) groups is 5. The second-order valence-corrected chi connectivity index (χ2v) is 8.92. The van der Waals surface area contributed by atoms with E-state index in [1.54, 1.807) is 0 Å². The Hall–Kier alpha value is -4.21. The molecule has 210 valence electrons. The number of amides is 3. The number of carboxylic acids is 2. The second-order valence-electron chi connectivity index (χ2n) is 8.92. The normalized spacial score (nSPS) is 17.2. The van der Waals surface area contributed by atoms with Crippen LogP contribution < -0.4 is 27.8 Å². The summed E-state index contributed by atoms with van der Waals surface area (Å²) in [6.45, 7) is 0.408. The molecule has 3 amide bonds. The first-order chi connectivity index (χ1) is 18.0. The number of likely N-dealkylation sites (tertiary alicyclic amines) is 1. The zero-order valence-electron chi connectivity index (χ0n) is 20.8. The molecule has 0 radical (unpaired) electrons. The monoisotopic (exact) mass is 537 g/mol. The summed E-state index contributed by atoms with van der Waals surface area (Å²) < 4.78 is 0. The summed E-state index contributed by atoms with van der Waals surface area (Å²) in [6.07, 6.45) is 3.60. The molecule has 4 unspecified atom stereocenters. The van der Waals surface area contributed by atoms with Crippen molar-refractivity contribution in [3.63, 3.8) is 0 Å². The van der Waals surface area contributed by atoms with Crippen molar-refractivity contribution >= 4 is 35.6 Å². The van der Waals surface area contributed by atoms with Gasteiger partial charge in [0.1, 0.15) is 18.1 Å². The Morgan fingerprint density at radius 3 is 2.50 bits per heavy atom. The van der Waals surface area contributed by atoms with Crippen molar-refractivity contribution in [3.05, 3.63) is 18.2 Å². The third kappa shape index (κ3) is 9.34. The Kier molecular flexibility index (Phi) is 11.5. The lowest BCUT2D eigenvalue weighted by Crippen LogP contribution is -2.57. The molecule has 2 heterocycles. The number of rotatable bonds is 15. The molecular weight excluding hydrogens is 502 g/mol. The van der Waals surface area contributed by atoms with Crippen molar-refractivity contribution < 1.29 is 34.2 Å². The van der Waals surface area contributed by atoms with Gasteiger partial charge in [-0.3, -0.25) is 24.2 Å². The lowest BCUT2D eigenvalue weighted by molar-refractivity contribution is -0.145. The van der Waals surface area contributed by atoms with Gasteiger partial charge in [-0.05, 0) is 32.1 Å². The molecule has 0 aromatic carbocycles. The minimum Gasteiger partial charge on any atom is -0.481 e. The van der Waals surface area contributed by atoms with Gasteiger partial charge in [0, 0.05) is 37.8 Å². The molecule has 1 fully saturated rings. The van der Waals surface area contributed by atoms with E-state index in [1.807, 2.05) is 0 Å². The van der Waals surface area contributed by atoms with E-state index in [4.69, 9.17) is 22.3 Å². The Morgan fingerprint density at radius 1 is 1.16 bits per heavy atom. The molecule has 0 spiro atoms. The number of hydrogen-bond acceptors (Lipinski definition) is 8. The van der Waals surface area contributed by atoms with E-state index in [2.05, 4.69) is 25.6 Å². The fourth-order valence-electron chi connectivity index (χ4n) is 4.04. The standard InChI is InChI=1S/C22H35N9O7/c23-13(5-6-17(32)33)18(34)29-14(3-1-7-27-22(24)25)20(36)31-8-2-4-16(31)19(35)30-15(21(37)38)9-12-10-26-11-28-12/h10-11,13-16H,1-9,23H2,(H,26,28)(H,29,34)(H,30,35)(H,32,33)(H,37,38)(H4,24,25,27). The first-order valence-corrected chi connectivity index (χ1v) is 12.1. The summed E-state index contributed by atoms with van der Waals surface area (Å²) in [4.78, 5) is 73.4. The van der Waals surface area contributed by atoms with Crippen molar-refractivity contribution in [3.8, 4) is 0 Å². The number of nitrogens with zero attached hydrogens (tertiary/aromatic N) is 3. The van der Waals surface area contributed by atoms with Gasteiger partial charge in [-0.15, -0.1) is 0 Å². The molecule has 2 rings (SSSR count). The molecule has 1 saturated heterocycles. The zero-order chi connectivity index (χ0) is 28.2. The number of H-pyrrole nitrogens is 1. The highest BCUT2D eigenvalue weighted by atomic mass is 16.4. The number of nitrogens with one attached hydrogen (secondary N) is 3. The molecule has 4 atom stereocenters. The Balaban J connectivity index is 2.12. The van der Waals surface area contributed by atoms with Crippen LogP contribution >= 0.6 is 0 Å². The number of hydrogen-bond donors (Lipinski definition) is 8. The van der Waals surface area contributed by atoms with Crippen LogP contribution in [0.1, 0.15) is 44.2 Å². The number of carboxylic acid groups (broad SMARTS) is 2. The fourth-order valence-corrected chi connectivity index (χ4v) is 4.04. The number of aromatic amines is 1. The number of aliphatic carboxylic acids is 2. The molecule has 38 heavy (non-hydrogen) atoms. The topological polar surface area (TPSA) is 272 Å². The number of nitrogens with two attached hydrogens (primary N) is 3. The van der Waals surface area contributed by atoms with Gasteiger partial charge in [0.15, 0.2) is 5.96 Å². The van der Waals surface area contributed by atoms with Crippen LogP contribution in [0.5, 0.6) is 0 Å². The number of guanidine groups is 1. The van der Waals surface area contributed by atoms with Crippen molar-refractivity contribution in [1.82, 2.24) is 25.5 Å². The van der Waals surface area contributed by atoms with E-state index in [1.165, 1.54) is 17.4 Å². The lowest BCUT2D eigenvalue weighted by Gasteiger charge is -2.30. The summed E-state index contributed by atoms with van der Waals surface area (Å²) >= 11 is 0. The van der Waals surface area contributed by atoms with Gasteiger partial charge in [0.25, 0.3) is 0 Å². The molecule has 11 N–H and O–H groups in total. The van der Waals surface area contributed by atoms with E-state index in [0.717, 1.165) is 0 Å². The molecule has 0 aliphatic carbocycles. The third-order valence-electron chi connectivity index (χ3n) is 6.00. The van der Waals surface area contributed by atoms with Crippen molar-refractivity contribution in [1.29, 1.82) is 0 Å². The molecule has 1 aromatic rings. The highest BCUT2D eigenvalue weighted by molar-refractivity contribution is 5.94. The van der Waals surface area contributed by atoms with Gasteiger partial charge in [-0.25, -0.2) is 9.78 Å². The molecule has 0 saturated carbocycles. The number of aromatic nitrogens is 2. The summed E-state index contributed by atoms with van der Waals surface area (Å²) in [5.74, 6) is -4.39. The Morgan fingerprint density at radius 2 is 1.89 bits per heavy atom. The maximum atomic E-state index is 13.5. The van der Waals surface area contributed by atoms with Crippen LogP contribution in [-0.2, 0) is 30.4 Å². The first-order valence-electron chi connectivity index (χ1n) is 12.1. The fraction of sp³-hybridized carbons (Fsp3) is 0.591. The number of carbonyl (C=O) groups excluding carboxylic acids is 3. The maximum Gasteiger partial charge on any atom is 0.326 e. The predicted molar refractivity (Wildman–Crippen MR) is 133 cm³/mol. The average molecular weight is 538 g/mol. The van der Waals surface area contributed by atoms with Crippen LogP contribution in [0.15, 0.2) is 17.5 Å². The van der Waals surface area contributed by atoms with Gasteiger partial charge in [-0.2, -0.15) is 0 Å². The molecule has 1 aromatic heterocycles. The van der Waals surface area contributed by atoms with Gasteiger partial charge < -0.3 is 47.9 Å². The minimum absolute atomic E-state index is 0.0283. The van der Waals surface area contributed by atoms with Crippen LogP contribution in [0.3, 0.4) is 0 Å².